The molecule has 5 unspecified atom stereocenters. The highest BCUT2D eigenvalue weighted by Crippen LogP contribution is 2.67. The van der Waals surface area contributed by atoms with E-state index in [1.54, 1.807) is 12.2 Å². The van der Waals surface area contributed by atoms with Crippen LogP contribution in [0.4, 0.5) is 13.2 Å². The van der Waals surface area contributed by atoms with Crippen LogP contribution in [0.25, 0.3) is 11.3 Å². The minimum absolute atomic E-state index is 0.00988. The number of ketones is 2. The molecule has 212 valence electrons. The highest BCUT2D eigenvalue weighted by Gasteiger charge is 2.68. The first-order valence-electron chi connectivity index (χ1n) is 13.7. The predicted molar refractivity (Wildman–Crippen MR) is 138 cm³/mol. The number of aromatic nitrogens is 3. The fourth-order valence-electron chi connectivity index (χ4n) is 8.43. The number of fused-ring (bicyclic) bond motifs is 5. The van der Waals surface area contributed by atoms with Crippen molar-refractivity contribution in [2.75, 3.05) is 0 Å². The Morgan fingerprint density at radius 3 is 2.75 bits per heavy atom. The molecule has 0 spiro atoms. The maximum Gasteiger partial charge on any atom is 0.416 e. The van der Waals surface area contributed by atoms with Crippen LogP contribution in [0.3, 0.4) is 0 Å². The van der Waals surface area contributed by atoms with Crippen LogP contribution in [0.15, 0.2) is 54.3 Å². The summed E-state index contributed by atoms with van der Waals surface area (Å²) in [5.41, 5.74) is -2.35. The minimum Gasteiger partial charge on any atom is -0.393 e. The maximum atomic E-state index is 13.7. The highest BCUT2D eigenvalue weighted by molar-refractivity contribution is 6.01. The second-order valence-electron chi connectivity index (χ2n) is 12.4. The van der Waals surface area contributed by atoms with Gasteiger partial charge in [-0.2, -0.15) is 13.2 Å². The van der Waals surface area contributed by atoms with Crippen LogP contribution < -0.4 is 0 Å². The number of carbonyl (C=O) groups excluding carboxylic acids is 2. The first-order valence-corrected chi connectivity index (χ1v) is 13.7. The minimum atomic E-state index is -4.50. The zero-order chi connectivity index (χ0) is 28.7. The molecule has 0 radical (unpaired) electrons. The van der Waals surface area contributed by atoms with Crippen molar-refractivity contribution < 1.29 is 33.0 Å². The predicted octanol–water partition coefficient (Wildman–Crippen LogP) is 4.54. The van der Waals surface area contributed by atoms with Gasteiger partial charge in [0.15, 0.2) is 11.6 Å². The quantitative estimate of drug-likeness (QED) is 0.574. The van der Waals surface area contributed by atoms with Crippen LogP contribution in [-0.2, 0) is 22.3 Å². The van der Waals surface area contributed by atoms with Gasteiger partial charge in [0, 0.05) is 22.3 Å². The van der Waals surface area contributed by atoms with Crippen LogP contribution >= 0.6 is 0 Å². The van der Waals surface area contributed by atoms with Crippen molar-refractivity contribution in [3.05, 3.63) is 59.8 Å². The van der Waals surface area contributed by atoms with Crippen LogP contribution in [0.5, 0.6) is 0 Å². The Labute approximate surface area is 229 Å². The number of benzene rings is 1. The molecule has 3 fully saturated rings. The molecule has 2 aromatic rings. The van der Waals surface area contributed by atoms with E-state index in [-0.39, 0.29) is 54.2 Å². The van der Waals surface area contributed by atoms with E-state index in [0.29, 0.717) is 6.42 Å². The van der Waals surface area contributed by atoms with Gasteiger partial charge in [-0.15, -0.1) is 5.10 Å². The molecular formula is C30H32F3N3O4. The summed E-state index contributed by atoms with van der Waals surface area (Å²) >= 11 is 0. The van der Waals surface area contributed by atoms with Crippen molar-refractivity contribution in [2.24, 2.45) is 28.6 Å². The first kappa shape index (κ1) is 27.1. The summed E-state index contributed by atoms with van der Waals surface area (Å²) in [6, 6.07) is 4.73. The molecule has 4 aliphatic rings. The number of aliphatic hydroxyl groups is 2. The third kappa shape index (κ3) is 3.94. The van der Waals surface area contributed by atoms with E-state index in [9.17, 15) is 33.0 Å². The zero-order valence-electron chi connectivity index (χ0n) is 22.4. The van der Waals surface area contributed by atoms with Gasteiger partial charge >= 0.3 is 6.18 Å². The molecule has 10 heteroatoms. The fraction of sp³-hybridized carbons (Fsp3) is 0.533. The van der Waals surface area contributed by atoms with Gasteiger partial charge in [0.1, 0.15) is 17.8 Å². The average Bonchev–Trinajstić information content (AvgIpc) is 3.46. The molecule has 40 heavy (non-hydrogen) atoms. The topological polar surface area (TPSA) is 105 Å². The Kier molecular flexibility index (Phi) is 6.06. The number of Topliss-reactive ketones (excluding diaryl/α,β-unsaturated/α-hetero) is 1. The number of nitrogens with zero attached hydrogens (tertiary/aromatic N) is 3. The van der Waals surface area contributed by atoms with E-state index >= 15 is 0 Å². The fourth-order valence-corrected chi connectivity index (χ4v) is 8.43. The van der Waals surface area contributed by atoms with Gasteiger partial charge < -0.3 is 10.2 Å². The van der Waals surface area contributed by atoms with Crippen LogP contribution in [-0.4, -0.2) is 48.5 Å². The van der Waals surface area contributed by atoms with Gasteiger partial charge in [-0.3, -0.25) is 9.59 Å². The number of hydrogen-bond donors (Lipinski definition) is 2. The van der Waals surface area contributed by atoms with Crippen LogP contribution in [0.2, 0.25) is 0 Å². The summed E-state index contributed by atoms with van der Waals surface area (Å²) in [6.07, 6.45) is 3.98. The Morgan fingerprint density at radius 1 is 1.23 bits per heavy atom. The van der Waals surface area contributed by atoms with E-state index in [0.717, 1.165) is 30.5 Å². The summed E-state index contributed by atoms with van der Waals surface area (Å²) in [5, 5.41) is 31.4. The number of carbonyl (C=O) groups is 2. The molecule has 1 heterocycles. The number of halogens is 3. The lowest BCUT2D eigenvalue weighted by Crippen LogP contribution is -2.61. The Morgan fingerprint density at radius 2 is 2.00 bits per heavy atom. The third-order valence-corrected chi connectivity index (χ3v) is 10.4. The van der Waals surface area contributed by atoms with Crippen LogP contribution in [0, 0.1) is 28.6 Å². The summed E-state index contributed by atoms with van der Waals surface area (Å²) in [5.74, 6) is -0.511. The molecule has 2 N–H and O–H groups in total. The molecule has 0 aliphatic heterocycles. The van der Waals surface area contributed by atoms with E-state index in [1.807, 2.05) is 13.0 Å². The van der Waals surface area contributed by atoms with Crippen molar-refractivity contribution in [3.63, 3.8) is 0 Å². The molecule has 1 aromatic heterocycles. The summed E-state index contributed by atoms with van der Waals surface area (Å²) in [6.45, 7) is 3.68. The highest BCUT2D eigenvalue weighted by atomic mass is 19.4. The molecule has 7 nitrogen and oxygen atoms in total. The van der Waals surface area contributed by atoms with Crippen molar-refractivity contribution in [1.29, 1.82) is 0 Å². The van der Waals surface area contributed by atoms with E-state index in [2.05, 4.69) is 17.2 Å². The average molecular weight is 556 g/mol. The summed E-state index contributed by atoms with van der Waals surface area (Å²) < 4.78 is 40.7. The Bertz CT molecular complexity index is 1450. The van der Waals surface area contributed by atoms with Crippen molar-refractivity contribution in [2.45, 2.75) is 70.4 Å². The van der Waals surface area contributed by atoms with E-state index in [1.165, 1.54) is 23.0 Å². The SMILES string of the molecule is CC12C=CC(=O)C=C1CCC1C2[C@@H](O)CC2(C)C1CC[C@]2(O)C(=O)Cn1cc(-c2cccc(C(F)(F)F)c2)nn1. The maximum absolute atomic E-state index is 13.7. The summed E-state index contributed by atoms with van der Waals surface area (Å²) in [4.78, 5) is 25.7. The second-order valence-corrected chi connectivity index (χ2v) is 12.4. The Balaban J connectivity index is 1.24. The van der Waals surface area contributed by atoms with Crippen molar-refractivity contribution in [3.8, 4) is 11.3 Å². The number of alkyl halides is 3. The number of hydrogen-bond acceptors (Lipinski definition) is 6. The monoisotopic (exact) mass is 555 g/mol. The van der Waals surface area contributed by atoms with E-state index < -0.39 is 40.1 Å². The molecule has 6 rings (SSSR count). The standard InChI is InChI=1S/C30H32F3N3O4/c1-27-10-8-20(37)13-18(27)6-7-21-22-9-11-29(40,28(22,2)14-24(38)26(21)27)25(39)16-36-15-23(34-35-36)17-4-3-5-19(12-17)30(31,32)33/h3-5,8,10,12-13,15,21-22,24,26,38,40H,6-7,9,11,14,16H2,1-2H3/t21?,22?,24-,26?,27?,28?,29-/m0/s1. The lowest BCUT2D eigenvalue weighted by atomic mass is 9.46. The van der Waals surface area contributed by atoms with Gasteiger partial charge in [0.2, 0.25) is 0 Å². The largest absolute Gasteiger partial charge is 0.416 e. The lowest BCUT2D eigenvalue weighted by molar-refractivity contribution is -0.177. The van der Waals surface area contributed by atoms with Gasteiger partial charge in [-0.05, 0) is 68.2 Å². The molecular weight excluding hydrogens is 523 g/mol. The molecule has 1 aromatic carbocycles. The number of rotatable bonds is 4. The van der Waals surface area contributed by atoms with Crippen molar-refractivity contribution >= 4 is 11.6 Å². The zero-order valence-corrected chi connectivity index (χ0v) is 22.4. The molecule has 0 saturated heterocycles. The summed E-state index contributed by atoms with van der Waals surface area (Å²) in [7, 11) is 0. The normalized spacial score (nSPS) is 37.0. The van der Waals surface area contributed by atoms with Gasteiger partial charge in [0.05, 0.1) is 17.9 Å². The number of aliphatic hydroxyl groups excluding tert-OH is 1. The molecule has 0 bridgehead atoms. The Hall–Kier alpha value is -3.11. The molecule has 3 saturated carbocycles. The smallest absolute Gasteiger partial charge is 0.393 e. The lowest BCUT2D eigenvalue weighted by Gasteiger charge is -2.59. The van der Waals surface area contributed by atoms with Gasteiger partial charge in [-0.25, -0.2) is 4.68 Å². The van der Waals surface area contributed by atoms with Crippen LogP contribution in [0.1, 0.15) is 51.5 Å². The first-order chi connectivity index (χ1) is 18.8. The van der Waals surface area contributed by atoms with Crippen molar-refractivity contribution in [1.82, 2.24) is 15.0 Å². The van der Waals surface area contributed by atoms with E-state index in [4.69, 9.17) is 0 Å². The molecule has 4 aliphatic carbocycles. The van der Waals surface area contributed by atoms with Gasteiger partial charge in [0.25, 0.3) is 0 Å². The number of allylic oxidation sites excluding steroid dienone is 4. The molecule has 7 atom stereocenters. The molecule has 0 amide bonds. The van der Waals surface area contributed by atoms with Gasteiger partial charge in [-0.1, -0.05) is 42.8 Å². The third-order valence-electron chi connectivity index (χ3n) is 10.4. The second kappa shape index (κ2) is 8.94.